The van der Waals surface area contributed by atoms with Crippen LogP contribution in [0, 0.1) is 18.8 Å². The molecule has 0 unspecified atom stereocenters. The summed E-state index contributed by atoms with van der Waals surface area (Å²) in [6.07, 6.45) is 4.33. The number of nitrogens with zero attached hydrogens (tertiary/aromatic N) is 2. The van der Waals surface area contributed by atoms with Gasteiger partial charge in [0.25, 0.3) is 17.7 Å². The fraction of sp³-hybridized carbons (Fsp3) is 0.200. The molecule has 3 aromatic carbocycles. The Bertz CT molecular complexity index is 1700. The second-order valence-corrected chi connectivity index (χ2v) is 12.3. The molecule has 1 saturated heterocycles. The molecule has 1 aliphatic carbocycles. The predicted octanol–water partition coefficient (Wildman–Crippen LogP) is 5.26. The Kier molecular flexibility index (Phi) is 8.23. The van der Waals surface area contributed by atoms with Gasteiger partial charge >= 0.3 is 10.1 Å². The number of allylic oxidation sites excluding steroid dienone is 2. The lowest BCUT2D eigenvalue weighted by Crippen LogP contribution is -2.52. The Hall–Kier alpha value is -3.99. The first-order chi connectivity index (χ1) is 20.0. The molecule has 42 heavy (non-hydrogen) atoms. The molecule has 12 heteroatoms. The van der Waals surface area contributed by atoms with Crippen molar-refractivity contribution in [3.8, 4) is 5.75 Å². The molecule has 0 spiro atoms. The fourth-order valence-corrected chi connectivity index (χ4v) is 6.06. The van der Waals surface area contributed by atoms with Crippen LogP contribution in [0.1, 0.15) is 39.1 Å². The van der Waals surface area contributed by atoms with E-state index in [1.54, 1.807) is 12.1 Å². The minimum absolute atomic E-state index is 0.0239. The maximum absolute atomic E-state index is 13.6. The Morgan fingerprint density at radius 3 is 2.00 bits per heavy atom. The molecule has 3 amide bonds. The average Bonchev–Trinajstić information content (AvgIpc) is 3.22. The number of carbonyl (C=O) groups excluding carboxylic acids is 4. The van der Waals surface area contributed by atoms with Crippen molar-refractivity contribution in [1.82, 2.24) is 10.0 Å². The van der Waals surface area contributed by atoms with E-state index in [0.29, 0.717) is 12.8 Å². The van der Waals surface area contributed by atoms with Gasteiger partial charge in [-0.15, -0.1) is 0 Å². The fourth-order valence-electron chi connectivity index (χ4n) is 4.84. The van der Waals surface area contributed by atoms with Crippen LogP contribution >= 0.6 is 23.2 Å². The number of amides is 3. The number of benzene rings is 3. The van der Waals surface area contributed by atoms with Gasteiger partial charge in [-0.1, -0.05) is 53.1 Å². The largest absolute Gasteiger partial charge is 0.379 e. The van der Waals surface area contributed by atoms with Crippen LogP contribution in [0.3, 0.4) is 0 Å². The molecule has 2 aliphatic rings. The Labute approximate surface area is 252 Å². The lowest BCUT2D eigenvalue weighted by Gasteiger charge is -2.30. The van der Waals surface area contributed by atoms with Gasteiger partial charge in [0.15, 0.2) is 5.78 Å². The molecule has 1 aliphatic heterocycles. The highest BCUT2D eigenvalue weighted by Crippen LogP contribution is 2.36. The molecule has 1 fully saturated rings. The smallest absolute Gasteiger partial charge is 0.339 e. The number of hydrazine groups is 1. The van der Waals surface area contributed by atoms with Crippen molar-refractivity contribution < 1.29 is 31.8 Å². The first-order valence-electron chi connectivity index (χ1n) is 12.9. The van der Waals surface area contributed by atoms with Crippen LogP contribution in [-0.2, 0) is 19.7 Å². The van der Waals surface area contributed by atoms with Gasteiger partial charge in [-0.05, 0) is 74.4 Å². The number of hydrogen-bond acceptors (Lipinski definition) is 7. The van der Waals surface area contributed by atoms with Crippen LogP contribution in [0.5, 0.6) is 5.75 Å². The highest BCUT2D eigenvalue weighted by Gasteiger charge is 2.51. The van der Waals surface area contributed by atoms with Crippen LogP contribution < -0.4 is 4.18 Å². The number of carbonyl (C=O) groups is 4. The summed E-state index contributed by atoms with van der Waals surface area (Å²) in [5.74, 6) is -3.83. The van der Waals surface area contributed by atoms with Gasteiger partial charge < -0.3 is 4.18 Å². The molecule has 0 bridgehead atoms. The molecule has 2 atom stereocenters. The van der Waals surface area contributed by atoms with Crippen molar-refractivity contribution in [1.29, 1.82) is 0 Å². The standard InChI is InChI=1S/C30H24Cl2N2O7S/c1-18-6-13-22(14-7-18)42(39,40)41-21-11-8-19(9-12-21)27(35)17-33(28(36)20-10-15-25(31)26(32)16-20)34-29(37)23-4-2-3-5-24(23)30(34)38/h2-3,6-16,23-24H,4-5,17H2,1H3/t23-,24-/m0/s1. The molecule has 0 N–H and O–H groups in total. The summed E-state index contributed by atoms with van der Waals surface area (Å²) in [5, 5.41) is 1.88. The number of aryl methyl sites for hydroxylation is 1. The van der Waals surface area contributed by atoms with Crippen molar-refractivity contribution in [3.63, 3.8) is 0 Å². The van der Waals surface area contributed by atoms with Crippen LogP contribution in [0.4, 0.5) is 0 Å². The van der Waals surface area contributed by atoms with Crippen molar-refractivity contribution in [2.24, 2.45) is 11.8 Å². The number of hydrogen-bond donors (Lipinski definition) is 0. The van der Waals surface area contributed by atoms with Crippen molar-refractivity contribution in [2.75, 3.05) is 6.54 Å². The monoisotopic (exact) mass is 626 g/mol. The van der Waals surface area contributed by atoms with Gasteiger partial charge in [0.1, 0.15) is 17.2 Å². The van der Waals surface area contributed by atoms with Crippen LogP contribution in [-0.4, -0.2) is 48.5 Å². The summed E-state index contributed by atoms with van der Waals surface area (Å²) < 4.78 is 30.4. The maximum atomic E-state index is 13.6. The number of Topliss-reactive ketones (excluding diaryl/α,β-unsaturated/α-hetero) is 1. The number of ketones is 1. The average molecular weight is 628 g/mol. The summed E-state index contributed by atoms with van der Waals surface area (Å²) in [6, 6.07) is 15.5. The molecular weight excluding hydrogens is 603 g/mol. The molecule has 9 nitrogen and oxygen atoms in total. The number of imide groups is 1. The van der Waals surface area contributed by atoms with E-state index in [-0.39, 0.29) is 31.8 Å². The van der Waals surface area contributed by atoms with E-state index in [4.69, 9.17) is 27.4 Å². The third kappa shape index (κ3) is 5.83. The van der Waals surface area contributed by atoms with Crippen LogP contribution in [0.25, 0.3) is 0 Å². The molecular formula is C30H24Cl2N2O7S. The number of rotatable bonds is 8. The highest BCUT2D eigenvalue weighted by atomic mass is 35.5. The summed E-state index contributed by atoms with van der Waals surface area (Å²) in [6.45, 7) is 1.18. The van der Waals surface area contributed by atoms with E-state index in [1.165, 1.54) is 54.6 Å². The van der Waals surface area contributed by atoms with Gasteiger partial charge in [0.05, 0.1) is 21.9 Å². The zero-order valence-electron chi connectivity index (χ0n) is 22.2. The summed E-state index contributed by atoms with van der Waals surface area (Å²) in [5.41, 5.74) is 1.01. The minimum atomic E-state index is -4.11. The SMILES string of the molecule is Cc1ccc(S(=O)(=O)Oc2ccc(C(=O)CN(C(=O)c3ccc(Cl)c(Cl)c3)N3C(=O)[C@H]4CC=CC[C@@H]4C3=O)cc2)cc1. The first kappa shape index (κ1) is 29.5. The third-order valence-electron chi connectivity index (χ3n) is 7.11. The van der Waals surface area contributed by atoms with E-state index in [0.717, 1.165) is 15.6 Å². The van der Waals surface area contributed by atoms with Crippen molar-refractivity contribution >= 4 is 56.8 Å². The topological polar surface area (TPSA) is 118 Å². The summed E-state index contributed by atoms with van der Waals surface area (Å²) >= 11 is 12.1. The Balaban J connectivity index is 1.40. The van der Waals surface area contributed by atoms with E-state index in [9.17, 15) is 27.6 Å². The van der Waals surface area contributed by atoms with Gasteiger partial charge in [-0.2, -0.15) is 13.4 Å². The third-order valence-corrected chi connectivity index (χ3v) is 9.11. The lowest BCUT2D eigenvalue weighted by molar-refractivity contribution is -0.154. The normalized spacial score (nSPS) is 18.1. The minimum Gasteiger partial charge on any atom is -0.379 e. The molecule has 5 rings (SSSR count). The van der Waals surface area contributed by atoms with E-state index >= 15 is 0 Å². The van der Waals surface area contributed by atoms with Crippen LogP contribution in [0.2, 0.25) is 10.0 Å². The quantitative estimate of drug-likeness (QED) is 0.145. The first-order valence-corrected chi connectivity index (χ1v) is 15.1. The molecule has 0 radical (unpaired) electrons. The summed E-state index contributed by atoms with van der Waals surface area (Å²) in [4.78, 5) is 53.7. The number of halogens is 2. The zero-order chi connectivity index (χ0) is 30.2. The lowest BCUT2D eigenvalue weighted by atomic mass is 9.85. The second kappa shape index (κ2) is 11.7. The number of fused-ring (bicyclic) bond motifs is 1. The zero-order valence-corrected chi connectivity index (χ0v) is 24.5. The van der Waals surface area contributed by atoms with E-state index in [1.807, 2.05) is 19.1 Å². The molecule has 3 aromatic rings. The summed E-state index contributed by atoms with van der Waals surface area (Å²) in [7, 11) is -4.11. The predicted molar refractivity (Wildman–Crippen MR) is 154 cm³/mol. The van der Waals surface area contributed by atoms with E-state index in [2.05, 4.69) is 0 Å². The van der Waals surface area contributed by atoms with Crippen molar-refractivity contribution in [3.05, 3.63) is 106 Å². The highest BCUT2D eigenvalue weighted by molar-refractivity contribution is 7.87. The van der Waals surface area contributed by atoms with Gasteiger partial charge in [0.2, 0.25) is 0 Å². The molecule has 216 valence electrons. The molecule has 0 aromatic heterocycles. The Morgan fingerprint density at radius 2 is 1.43 bits per heavy atom. The van der Waals surface area contributed by atoms with Gasteiger partial charge in [-0.3, -0.25) is 19.2 Å². The van der Waals surface area contributed by atoms with Crippen molar-refractivity contribution in [2.45, 2.75) is 24.7 Å². The molecule has 1 heterocycles. The van der Waals surface area contributed by atoms with Crippen LogP contribution in [0.15, 0.2) is 83.8 Å². The second-order valence-electron chi connectivity index (χ2n) is 9.93. The molecule has 0 saturated carbocycles. The Morgan fingerprint density at radius 1 is 0.857 bits per heavy atom. The van der Waals surface area contributed by atoms with Gasteiger partial charge in [-0.25, -0.2) is 5.01 Å². The van der Waals surface area contributed by atoms with E-state index < -0.39 is 52.0 Å². The van der Waals surface area contributed by atoms with Gasteiger partial charge in [0, 0.05) is 11.1 Å². The maximum Gasteiger partial charge on any atom is 0.339 e.